The summed E-state index contributed by atoms with van der Waals surface area (Å²) in [5, 5.41) is 4.23. The van der Waals surface area contributed by atoms with Gasteiger partial charge in [0.05, 0.1) is 0 Å². The van der Waals surface area contributed by atoms with E-state index in [9.17, 15) is 4.79 Å². The molecular weight excluding hydrogens is 274 g/mol. The number of ether oxygens (including phenoxy) is 1. The van der Waals surface area contributed by atoms with Gasteiger partial charge in [-0.2, -0.15) is 0 Å². The van der Waals surface area contributed by atoms with E-state index in [1.807, 2.05) is 24.3 Å². The highest BCUT2D eigenvalue weighted by Crippen LogP contribution is 2.22. The standard InChI is InChI=1S/C16H22ClNO2/c1-12(19)16(13-2-4-14(17)5-3-13)6-9-18-15-7-10-20-11-8-15/h2-5,15-16,18H,6-11H2,1H3. The van der Waals surface area contributed by atoms with E-state index in [1.54, 1.807) is 6.92 Å². The zero-order chi connectivity index (χ0) is 14.4. The van der Waals surface area contributed by atoms with E-state index in [-0.39, 0.29) is 11.7 Å². The second kappa shape index (κ2) is 7.77. The minimum absolute atomic E-state index is 0.0420. The van der Waals surface area contributed by atoms with E-state index in [1.165, 1.54) is 0 Å². The first-order valence-corrected chi connectivity index (χ1v) is 7.61. The van der Waals surface area contributed by atoms with Gasteiger partial charge in [-0.05, 0) is 50.4 Å². The van der Waals surface area contributed by atoms with Crippen LogP contribution in [0.25, 0.3) is 0 Å². The fraction of sp³-hybridized carbons (Fsp3) is 0.562. The molecule has 2 rings (SSSR count). The maximum absolute atomic E-state index is 11.8. The maximum Gasteiger partial charge on any atom is 0.137 e. The quantitative estimate of drug-likeness (QED) is 0.876. The number of carbonyl (C=O) groups is 1. The van der Waals surface area contributed by atoms with Crippen molar-refractivity contribution in [3.05, 3.63) is 34.9 Å². The number of ketones is 1. The summed E-state index contributed by atoms with van der Waals surface area (Å²) in [4.78, 5) is 11.8. The predicted molar refractivity (Wildman–Crippen MR) is 81.3 cm³/mol. The van der Waals surface area contributed by atoms with Crippen LogP contribution in [0.2, 0.25) is 5.02 Å². The van der Waals surface area contributed by atoms with E-state index in [0.29, 0.717) is 11.1 Å². The van der Waals surface area contributed by atoms with Crippen LogP contribution in [0.4, 0.5) is 0 Å². The number of hydrogen-bond acceptors (Lipinski definition) is 3. The second-order valence-electron chi connectivity index (χ2n) is 5.34. The van der Waals surface area contributed by atoms with Gasteiger partial charge in [-0.1, -0.05) is 23.7 Å². The van der Waals surface area contributed by atoms with Crippen molar-refractivity contribution in [2.75, 3.05) is 19.8 Å². The molecular formula is C16H22ClNO2. The van der Waals surface area contributed by atoms with Crippen LogP contribution >= 0.6 is 11.6 Å². The molecule has 0 aliphatic carbocycles. The van der Waals surface area contributed by atoms with Crippen LogP contribution in [0.5, 0.6) is 0 Å². The first-order chi connectivity index (χ1) is 9.66. The number of nitrogens with one attached hydrogen (secondary N) is 1. The molecule has 1 aromatic rings. The van der Waals surface area contributed by atoms with Gasteiger partial charge in [-0.15, -0.1) is 0 Å². The zero-order valence-electron chi connectivity index (χ0n) is 11.9. The van der Waals surface area contributed by atoms with Crippen molar-refractivity contribution in [2.24, 2.45) is 0 Å². The van der Waals surface area contributed by atoms with Crippen LogP contribution in [0.15, 0.2) is 24.3 Å². The fourth-order valence-corrected chi connectivity index (χ4v) is 2.76. The van der Waals surface area contributed by atoms with Gasteiger partial charge in [0, 0.05) is 30.2 Å². The van der Waals surface area contributed by atoms with E-state index in [4.69, 9.17) is 16.3 Å². The van der Waals surface area contributed by atoms with Gasteiger partial charge >= 0.3 is 0 Å². The summed E-state index contributed by atoms with van der Waals surface area (Å²) < 4.78 is 5.34. The van der Waals surface area contributed by atoms with E-state index in [2.05, 4.69) is 5.32 Å². The SMILES string of the molecule is CC(=O)C(CCNC1CCOCC1)c1ccc(Cl)cc1. The number of benzene rings is 1. The van der Waals surface area contributed by atoms with Gasteiger partial charge in [-0.25, -0.2) is 0 Å². The third kappa shape index (κ3) is 4.58. The number of hydrogen-bond donors (Lipinski definition) is 1. The fourth-order valence-electron chi connectivity index (χ4n) is 2.63. The molecule has 1 fully saturated rings. The molecule has 20 heavy (non-hydrogen) atoms. The number of rotatable bonds is 6. The van der Waals surface area contributed by atoms with Gasteiger partial charge in [0.25, 0.3) is 0 Å². The summed E-state index contributed by atoms with van der Waals surface area (Å²) in [6.45, 7) is 4.20. The van der Waals surface area contributed by atoms with Crippen LogP contribution in [-0.4, -0.2) is 31.6 Å². The Morgan fingerprint density at radius 1 is 1.35 bits per heavy atom. The molecule has 1 aliphatic heterocycles. The first kappa shape index (κ1) is 15.5. The van der Waals surface area contributed by atoms with E-state index in [0.717, 1.165) is 44.6 Å². The van der Waals surface area contributed by atoms with Gasteiger partial charge in [0.2, 0.25) is 0 Å². The summed E-state index contributed by atoms with van der Waals surface area (Å²) in [5.74, 6) is 0.167. The lowest BCUT2D eigenvalue weighted by atomic mass is 9.92. The maximum atomic E-state index is 11.8. The minimum atomic E-state index is -0.0420. The summed E-state index contributed by atoms with van der Waals surface area (Å²) in [5.41, 5.74) is 1.05. The molecule has 0 bridgehead atoms. The molecule has 1 heterocycles. The molecule has 3 nitrogen and oxygen atoms in total. The Bertz CT molecular complexity index is 427. The number of Topliss-reactive ketones (excluding diaryl/α,β-unsaturated/α-hetero) is 1. The van der Waals surface area contributed by atoms with Crippen molar-refractivity contribution in [1.29, 1.82) is 0 Å². The van der Waals surface area contributed by atoms with Crippen LogP contribution < -0.4 is 5.32 Å². The summed E-state index contributed by atoms with van der Waals surface area (Å²) in [7, 11) is 0. The Labute approximate surface area is 125 Å². The molecule has 1 aromatic carbocycles. The van der Waals surface area contributed by atoms with Crippen molar-refractivity contribution in [1.82, 2.24) is 5.32 Å². The lowest BCUT2D eigenvalue weighted by Crippen LogP contribution is -2.36. The average molecular weight is 296 g/mol. The van der Waals surface area contributed by atoms with Gasteiger partial charge in [-0.3, -0.25) is 4.79 Å². The third-order valence-corrected chi connectivity index (χ3v) is 4.10. The van der Waals surface area contributed by atoms with Crippen LogP contribution in [0.1, 0.15) is 37.7 Å². The lowest BCUT2D eigenvalue weighted by molar-refractivity contribution is -0.118. The Kier molecular flexibility index (Phi) is 6.02. The molecule has 0 saturated carbocycles. The topological polar surface area (TPSA) is 38.3 Å². The van der Waals surface area contributed by atoms with Gasteiger partial charge in [0.1, 0.15) is 5.78 Å². The number of carbonyl (C=O) groups excluding carboxylic acids is 1. The van der Waals surface area contributed by atoms with Crippen molar-refractivity contribution < 1.29 is 9.53 Å². The van der Waals surface area contributed by atoms with Gasteiger partial charge in [0.15, 0.2) is 0 Å². The highest BCUT2D eigenvalue weighted by Gasteiger charge is 2.18. The van der Waals surface area contributed by atoms with E-state index >= 15 is 0 Å². The van der Waals surface area contributed by atoms with Crippen molar-refractivity contribution >= 4 is 17.4 Å². The van der Waals surface area contributed by atoms with Crippen molar-refractivity contribution in [2.45, 2.75) is 38.1 Å². The molecule has 0 spiro atoms. The van der Waals surface area contributed by atoms with Crippen LogP contribution in [0, 0.1) is 0 Å². The Hall–Kier alpha value is -0.900. The first-order valence-electron chi connectivity index (χ1n) is 7.24. The van der Waals surface area contributed by atoms with Crippen LogP contribution in [0.3, 0.4) is 0 Å². The third-order valence-electron chi connectivity index (χ3n) is 3.85. The Balaban J connectivity index is 1.86. The highest BCUT2D eigenvalue weighted by molar-refractivity contribution is 6.30. The van der Waals surface area contributed by atoms with Crippen LogP contribution in [-0.2, 0) is 9.53 Å². The van der Waals surface area contributed by atoms with Crippen molar-refractivity contribution in [3.63, 3.8) is 0 Å². The zero-order valence-corrected chi connectivity index (χ0v) is 12.7. The normalized spacial score (nSPS) is 17.9. The largest absolute Gasteiger partial charge is 0.381 e. The van der Waals surface area contributed by atoms with E-state index < -0.39 is 0 Å². The molecule has 1 saturated heterocycles. The summed E-state index contributed by atoms with van der Waals surface area (Å²) in [6, 6.07) is 8.12. The molecule has 1 N–H and O–H groups in total. The summed E-state index contributed by atoms with van der Waals surface area (Å²) in [6.07, 6.45) is 2.95. The van der Waals surface area contributed by atoms with Gasteiger partial charge < -0.3 is 10.1 Å². The molecule has 1 atom stereocenters. The number of halogens is 1. The molecule has 0 amide bonds. The summed E-state index contributed by atoms with van der Waals surface area (Å²) >= 11 is 5.89. The predicted octanol–water partition coefficient (Wildman–Crippen LogP) is 3.17. The molecule has 4 heteroatoms. The lowest BCUT2D eigenvalue weighted by Gasteiger charge is -2.24. The Morgan fingerprint density at radius 2 is 2.00 bits per heavy atom. The molecule has 1 unspecified atom stereocenters. The molecule has 110 valence electrons. The molecule has 0 aromatic heterocycles. The second-order valence-corrected chi connectivity index (χ2v) is 5.78. The monoisotopic (exact) mass is 295 g/mol. The molecule has 1 aliphatic rings. The highest BCUT2D eigenvalue weighted by atomic mass is 35.5. The average Bonchev–Trinajstić information content (AvgIpc) is 2.46. The minimum Gasteiger partial charge on any atom is -0.381 e. The molecule has 0 radical (unpaired) electrons. The Morgan fingerprint density at radius 3 is 2.60 bits per heavy atom. The van der Waals surface area contributed by atoms with Crippen molar-refractivity contribution in [3.8, 4) is 0 Å². The smallest absolute Gasteiger partial charge is 0.137 e.